The number of anilines is 1. The summed E-state index contributed by atoms with van der Waals surface area (Å²) in [7, 11) is 0. The highest BCUT2D eigenvalue weighted by Gasteiger charge is 2.24. The van der Waals surface area contributed by atoms with Crippen LogP contribution >= 0.6 is 0 Å². The van der Waals surface area contributed by atoms with Crippen LogP contribution in [0.2, 0.25) is 0 Å². The SMILES string of the molecule is O=C(NCC(=O)N1CCCc2ccccc21)C1CCCCN1. The molecule has 1 unspecified atom stereocenters. The number of carbonyl (C=O) groups excluding carboxylic acids is 2. The highest BCUT2D eigenvalue weighted by atomic mass is 16.2. The summed E-state index contributed by atoms with van der Waals surface area (Å²) in [6.45, 7) is 1.68. The lowest BCUT2D eigenvalue weighted by atomic mass is 10.0. The van der Waals surface area contributed by atoms with Crippen molar-refractivity contribution in [2.75, 3.05) is 24.5 Å². The van der Waals surface area contributed by atoms with Crippen LogP contribution in [0.5, 0.6) is 0 Å². The van der Waals surface area contributed by atoms with Crippen molar-refractivity contribution in [3.05, 3.63) is 29.8 Å². The topological polar surface area (TPSA) is 61.4 Å². The van der Waals surface area contributed by atoms with Gasteiger partial charge in [-0.1, -0.05) is 24.6 Å². The second-order valence-electron chi connectivity index (χ2n) is 6.00. The highest BCUT2D eigenvalue weighted by molar-refractivity contribution is 5.98. The molecule has 1 atom stereocenters. The first-order valence-corrected chi connectivity index (χ1v) is 8.15. The van der Waals surface area contributed by atoms with Crippen LogP contribution in [0, 0.1) is 0 Å². The number of aryl methyl sites for hydroxylation is 1. The average molecular weight is 301 g/mol. The standard InChI is InChI=1S/C17H23N3O2/c21-16(12-19-17(22)14-8-3-4-10-18-14)20-11-5-7-13-6-1-2-9-15(13)20/h1-2,6,9,14,18H,3-5,7-8,10-12H2,(H,19,22). The number of nitrogens with one attached hydrogen (secondary N) is 2. The summed E-state index contributed by atoms with van der Waals surface area (Å²) in [5.74, 6) is -0.0883. The number of amides is 2. The molecule has 0 saturated carbocycles. The Morgan fingerprint density at radius 2 is 2.09 bits per heavy atom. The first-order chi connectivity index (χ1) is 10.8. The quantitative estimate of drug-likeness (QED) is 0.882. The van der Waals surface area contributed by atoms with Gasteiger partial charge in [0.25, 0.3) is 0 Å². The van der Waals surface area contributed by atoms with Crippen LogP contribution in [0.4, 0.5) is 5.69 Å². The lowest BCUT2D eigenvalue weighted by Gasteiger charge is -2.30. The number of para-hydroxylation sites is 1. The third kappa shape index (κ3) is 3.30. The Bertz CT molecular complexity index is 553. The molecule has 0 aliphatic carbocycles. The minimum absolute atomic E-state index is 0.0312. The second kappa shape index (κ2) is 6.92. The Morgan fingerprint density at radius 3 is 2.91 bits per heavy atom. The van der Waals surface area contributed by atoms with Crippen LogP contribution in [-0.4, -0.2) is 37.5 Å². The number of rotatable bonds is 3. The summed E-state index contributed by atoms with van der Waals surface area (Å²) < 4.78 is 0. The fraction of sp³-hybridized carbons (Fsp3) is 0.529. The summed E-state index contributed by atoms with van der Waals surface area (Å²) in [5.41, 5.74) is 2.20. The molecule has 0 spiro atoms. The van der Waals surface area contributed by atoms with Crippen molar-refractivity contribution in [2.45, 2.75) is 38.1 Å². The van der Waals surface area contributed by atoms with E-state index in [1.54, 1.807) is 4.90 Å². The molecule has 0 aromatic heterocycles. The smallest absolute Gasteiger partial charge is 0.246 e. The Morgan fingerprint density at radius 1 is 1.23 bits per heavy atom. The molecule has 22 heavy (non-hydrogen) atoms. The van der Waals surface area contributed by atoms with Gasteiger partial charge >= 0.3 is 0 Å². The lowest BCUT2D eigenvalue weighted by Crippen LogP contribution is -2.50. The molecule has 1 aromatic carbocycles. The van der Waals surface area contributed by atoms with E-state index in [1.165, 1.54) is 5.56 Å². The van der Waals surface area contributed by atoms with Crippen LogP contribution in [0.3, 0.4) is 0 Å². The van der Waals surface area contributed by atoms with Crippen LogP contribution in [0.1, 0.15) is 31.2 Å². The molecule has 2 aliphatic rings. The van der Waals surface area contributed by atoms with Crippen molar-refractivity contribution >= 4 is 17.5 Å². The van der Waals surface area contributed by atoms with Crippen molar-refractivity contribution in [3.8, 4) is 0 Å². The predicted molar refractivity (Wildman–Crippen MR) is 85.8 cm³/mol. The first-order valence-electron chi connectivity index (χ1n) is 8.15. The molecule has 118 valence electrons. The van der Waals surface area contributed by atoms with Gasteiger partial charge in [0.15, 0.2) is 0 Å². The molecule has 5 heteroatoms. The number of nitrogens with zero attached hydrogens (tertiary/aromatic N) is 1. The molecule has 0 bridgehead atoms. The van der Waals surface area contributed by atoms with E-state index in [4.69, 9.17) is 0 Å². The molecule has 2 amide bonds. The van der Waals surface area contributed by atoms with Gasteiger partial charge in [0.2, 0.25) is 11.8 Å². The van der Waals surface area contributed by atoms with E-state index < -0.39 is 0 Å². The van der Waals surface area contributed by atoms with E-state index in [-0.39, 0.29) is 24.4 Å². The Labute approximate surface area is 131 Å². The minimum Gasteiger partial charge on any atom is -0.346 e. The Hall–Kier alpha value is -1.88. The zero-order valence-corrected chi connectivity index (χ0v) is 12.8. The van der Waals surface area contributed by atoms with E-state index in [2.05, 4.69) is 16.7 Å². The molecule has 2 aliphatic heterocycles. The minimum atomic E-state index is -0.143. The number of fused-ring (bicyclic) bond motifs is 1. The van der Waals surface area contributed by atoms with Crippen molar-refractivity contribution in [1.82, 2.24) is 10.6 Å². The van der Waals surface area contributed by atoms with Gasteiger partial charge in [-0.25, -0.2) is 0 Å². The van der Waals surface area contributed by atoms with Crippen molar-refractivity contribution in [3.63, 3.8) is 0 Å². The van der Waals surface area contributed by atoms with Gasteiger partial charge in [-0.2, -0.15) is 0 Å². The van der Waals surface area contributed by atoms with Gasteiger partial charge in [-0.3, -0.25) is 9.59 Å². The summed E-state index contributed by atoms with van der Waals surface area (Å²) in [5, 5.41) is 5.99. The highest BCUT2D eigenvalue weighted by Crippen LogP contribution is 2.26. The molecule has 1 saturated heterocycles. The fourth-order valence-corrected chi connectivity index (χ4v) is 3.25. The van der Waals surface area contributed by atoms with Gasteiger partial charge in [0.05, 0.1) is 12.6 Å². The summed E-state index contributed by atoms with van der Waals surface area (Å²) in [6.07, 6.45) is 5.03. The molecule has 1 fully saturated rings. The van der Waals surface area contributed by atoms with E-state index in [0.29, 0.717) is 0 Å². The fourth-order valence-electron chi connectivity index (χ4n) is 3.25. The molecule has 0 radical (unpaired) electrons. The lowest BCUT2D eigenvalue weighted by molar-refractivity contribution is -0.126. The van der Waals surface area contributed by atoms with E-state index >= 15 is 0 Å². The van der Waals surface area contributed by atoms with Crippen LogP contribution in [0.15, 0.2) is 24.3 Å². The molecule has 5 nitrogen and oxygen atoms in total. The monoisotopic (exact) mass is 301 g/mol. The second-order valence-corrected chi connectivity index (χ2v) is 6.00. The summed E-state index contributed by atoms with van der Waals surface area (Å²) >= 11 is 0. The van der Waals surface area contributed by atoms with Gasteiger partial charge < -0.3 is 15.5 Å². The summed E-state index contributed by atoms with van der Waals surface area (Å²) in [6, 6.07) is 7.87. The van der Waals surface area contributed by atoms with Gasteiger partial charge in [-0.15, -0.1) is 0 Å². The van der Waals surface area contributed by atoms with Crippen molar-refractivity contribution in [2.24, 2.45) is 0 Å². The molecule has 1 aromatic rings. The van der Waals surface area contributed by atoms with E-state index in [0.717, 1.165) is 50.9 Å². The van der Waals surface area contributed by atoms with Gasteiger partial charge in [0.1, 0.15) is 0 Å². The van der Waals surface area contributed by atoms with Crippen LogP contribution < -0.4 is 15.5 Å². The van der Waals surface area contributed by atoms with E-state index in [9.17, 15) is 9.59 Å². The molecule has 2 heterocycles. The Balaban J connectivity index is 1.57. The number of carbonyl (C=O) groups is 2. The van der Waals surface area contributed by atoms with Gasteiger partial charge in [-0.05, 0) is 43.9 Å². The third-order valence-electron chi connectivity index (χ3n) is 4.45. The molecular weight excluding hydrogens is 278 g/mol. The normalized spacial score (nSPS) is 21.1. The zero-order valence-electron chi connectivity index (χ0n) is 12.8. The predicted octanol–water partition coefficient (Wildman–Crippen LogP) is 1.22. The van der Waals surface area contributed by atoms with E-state index in [1.807, 2.05) is 18.2 Å². The summed E-state index contributed by atoms with van der Waals surface area (Å²) in [4.78, 5) is 26.3. The maximum atomic E-state index is 12.4. The van der Waals surface area contributed by atoms with Crippen molar-refractivity contribution < 1.29 is 9.59 Å². The maximum absolute atomic E-state index is 12.4. The average Bonchev–Trinajstić information content (AvgIpc) is 2.59. The molecule has 2 N–H and O–H groups in total. The van der Waals surface area contributed by atoms with Gasteiger partial charge in [0, 0.05) is 12.2 Å². The number of hydrogen-bond donors (Lipinski definition) is 2. The number of piperidine rings is 1. The largest absolute Gasteiger partial charge is 0.346 e. The number of benzene rings is 1. The Kier molecular flexibility index (Phi) is 4.73. The number of hydrogen-bond acceptors (Lipinski definition) is 3. The zero-order chi connectivity index (χ0) is 15.4. The first kappa shape index (κ1) is 15.0. The maximum Gasteiger partial charge on any atom is 0.246 e. The van der Waals surface area contributed by atoms with Crippen LogP contribution in [0.25, 0.3) is 0 Å². The van der Waals surface area contributed by atoms with Crippen LogP contribution in [-0.2, 0) is 16.0 Å². The molecule has 3 rings (SSSR count). The third-order valence-corrected chi connectivity index (χ3v) is 4.45. The molecular formula is C17H23N3O2. The van der Waals surface area contributed by atoms with Crippen molar-refractivity contribution in [1.29, 1.82) is 0 Å².